The van der Waals surface area contributed by atoms with Gasteiger partial charge in [-0.2, -0.15) is 5.06 Å². The van der Waals surface area contributed by atoms with Crippen LogP contribution in [0.2, 0.25) is 0 Å². The van der Waals surface area contributed by atoms with Crippen molar-refractivity contribution < 1.29 is 28.4 Å². The van der Waals surface area contributed by atoms with Crippen LogP contribution >= 0.6 is 0 Å². The predicted molar refractivity (Wildman–Crippen MR) is 117 cm³/mol. The Morgan fingerprint density at radius 3 is 2.59 bits per heavy atom. The Hall–Kier alpha value is -3.83. The zero-order chi connectivity index (χ0) is 23.7. The fraction of sp³-hybridized carbons (Fsp3) is 0.261. The highest BCUT2D eigenvalue weighted by molar-refractivity contribution is 5.65. The molecular weight excluding hydrogens is 448 g/mol. The van der Waals surface area contributed by atoms with E-state index in [0.29, 0.717) is 37.7 Å². The number of carboxylic acid groups (broad SMARTS) is 1. The van der Waals surface area contributed by atoms with Gasteiger partial charge in [0.25, 0.3) is 0 Å². The molecule has 0 radical (unpaired) electrons. The molecule has 2 saturated heterocycles. The number of amides is 1. The highest BCUT2D eigenvalue weighted by Crippen LogP contribution is 2.36. The summed E-state index contributed by atoms with van der Waals surface area (Å²) in [7, 11) is 0. The van der Waals surface area contributed by atoms with Crippen molar-refractivity contribution in [3.8, 4) is 0 Å². The molecule has 0 unspecified atom stereocenters. The van der Waals surface area contributed by atoms with E-state index in [1.807, 2.05) is 24.3 Å². The van der Waals surface area contributed by atoms with Crippen molar-refractivity contribution in [2.75, 3.05) is 23.6 Å². The highest BCUT2D eigenvalue weighted by atomic mass is 19.2. The Morgan fingerprint density at radius 2 is 1.79 bits per heavy atom. The first-order valence-corrected chi connectivity index (χ1v) is 10.7. The van der Waals surface area contributed by atoms with Gasteiger partial charge in [0.15, 0.2) is 17.5 Å². The van der Waals surface area contributed by atoms with Crippen molar-refractivity contribution >= 4 is 23.4 Å². The molecule has 1 aromatic heterocycles. The number of benzene rings is 2. The SMILES string of the molecule is O=C(O)N1OCC[C@@H]1c1ccc(Nc2cc(N3OCC[C@@H]3c3cccc(F)c3F)ncn2)cc1. The number of hydrogen-bond donors (Lipinski definition) is 2. The zero-order valence-electron chi connectivity index (χ0n) is 17.9. The van der Waals surface area contributed by atoms with Gasteiger partial charge >= 0.3 is 6.09 Å². The average Bonchev–Trinajstić information content (AvgIpc) is 3.52. The maximum Gasteiger partial charge on any atom is 0.432 e. The van der Waals surface area contributed by atoms with Gasteiger partial charge in [-0.3, -0.25) is 9.68 Å². The van der Waals surface area contributed by atoms with E-state index in [4.69, 9.17) is 9.68 Å². The van der Waals surface area contributed by atoms with Gasteiger partial charge in [0, 0.05) is 30.2 Å². The van der Waals surface area contributed by atoms with Gasteiger partial charge in [-0.25, -0.2) is 28.6 Å². The molecule has 34 heavy (non-hydrogen) atoms. The minimum atomic E-state index is -1.13. The van der Waals surface area contributed by atoms with Crippen molar-refractivity contribution in [1.29, 1.82) is 0 Å². The minimum absolute atomic E-state index is 0.201. The zero-order valence-corrected chi connectivity index (χ0v) is 17.9. The molecule has 2 aliphatic rings. The monoisotopic (exact) mass is 469 g/mol. The summed E-state index contributed by atoms with van der Waals surface area (Å²) in [6, 6.07) is 12.1. The summed E-state index contributed by atoms with van der Waals surface area (Å²) in [5.41, 5.74) is 1.75. The standard InChI is InChI=1S/C23H21F2N5O4/c24-17-3-1-2-16(22(17)25)19-9-11-33-29(19)21-12-20(26-13-27-21)28-15-6-4-14(5-7-15)18-8-10-34-30(18)23(31)32/h1-7,12-13,18-19H,8-11H2,(H,31,32)(H,26,27,28)/t18-,19-/m1/s1. The Labute approximate surface area is 193 Å². The molecule has 2 fully saturated rings. The Morgan fingerprint density at radius 1 is 1.03 bits per heavy atom. The van der Waals surface area contributed by atoms with Crippen LogP contribution < -0.4 is 10.4 Å². The second-order valence-corrected chi connectivity index (χ2v) is 7.86. The molecule has 2 atom stereocenters. The molecule has 0 saturated carbocycles. The third kappa shape index (κ3) is 4.22. The van der Waals surface area contributed by atoms with Crippen LogP contribution in [0, 0.1) is 11.6 Å². The maximum atomic E-state index is 14.4. The number of hydroxylamine groups is 3. The van der Waals surface area contributed by atoms with Crippen LogP contribution in [0.25, 0.3) is 0 Å². The summed E-state index contributed by atoms with van der Waals surface area (Å²) in [6.07, 6.45) is 1.29. The number of nitrogens with zero attached hydrogens (tertiary/aromatic N) is 4. The van der Waals surface area contributed by atoms with E-state index in [9.17, 15) is 18.7 Å². The summed E-state index contributed by atoms with van der Waals surface area (Å²) in [6.45, 7) is 0.687. The molecule has 3 heterocycles. The van der Waals surface area contributed by atoms with Gasteiger partial charge in [0.1, 0.15) is 12.1 Å². The Bertz CT molecular complexity index is 1200. The van der Waals surface area contributed by atoms with Crippen LogP contribution in [-0.4, -0.2) is 39.4 Å². The lowest BCUT2D eigenvalue weighted by atomic mass is 10.0. The predicted octanol–water partition coefficient (Wildman–Crippen LogP) is 4.74. The molecule has 9 nitrogen and oxygen atoms in total. The van der Waals surface area contributed by atoms with Crippen molar-refractivity contribution in [3.05, 3.63) is 77.6 Å². The van der Waals surface area contributed by atoms with Gasteiger partial charge in [-0.1, -0.05) is 24.3 Å². The number of carbonyl (C=O) groups is 1. The number of rotatable bonds is 5. The summed E-state index contributed by atoms with van der Waals surface area (Å²) in [5.74, 6) is -0.929. The molecule has 2 aromatic carbocycles. The van der Waals surface area contributed by atoms with Crippen LogP contribution in [-0.2, 0) is 9.68 Å². The molecule has 176 valence electrons. The fourth-order valence-electron chi connectivity index (χ4n) is 4.19. The van der Waals surface area contributed by atoms with Crippen molar-refractivity contribution in [2.24, 2.45) is 0 Å². The van der Waals surface area contributed by atoms with Crippen molar-refractivity contribution in [3.63, 3.8) is 0 Å². The molecule has 2 aliphatic heterocycles. The first-order chi connectivity index (χ1) is 16.5. The molecule has 1 amide bonds. The van der Waals surface area contributed by atoms with Gasteiger partial charge in [0.05, 0.1) is 25.3 Å². The largest absolute Gasteiger partial charge is 0.463 e. The van der Waals surface area contributed by atoms with E-state index in [1.54, 1.807) is 6.07 Å². The van der Waals surface area contributed by atoms with Gasteiger partial charge in [0.2, 0.25) is 0 Å². The second-order valence-electron chi connectivity index (χ2n) is 7.86. The van der Waals surface area contributed by atoms with Crippen LogP contribution in [0.1, 0.15) is 36.1 Å². The number of halogens is 2. The molecule has 0 aliphatic carbocycles. The number of anilines is 3. The second kappa shape index (κ2) is 9.20. The van der Waals surface area contributed by atoms with E-state index < -0.39 is 23.8 Å². The van der Waals surface area contributed by atoms with E-state index in [0.717, 1.165) is 22.4 Å². The van der Waals surface area contributed by atoms with Crippen LogP contribution in [0.3, 0.4) is 0 Å². The van der Waals surface area contributed by atoms with Crippen LogP contribution in [0.5, 0.6) is 0 Å². The number of nitrogens with one attached hydrogen (secondary N) is 1. The Kier molecular flexibility index (Phi) is 5.95. The number of hydrogen-bond acceptors (Lipinski definition) is 7. The third-order valence-corrected chi connectivity index (χ3v) is 5.78. The van der Waals surface area contributed by atoms with E-state index in [-0.39, 0.29) is 11.6 Å². The minimum Gasteiger partial charge on any atom is -0.463 e. The van der Waals surface area contributed by atoms with Crippen LogP contribution in [0.4, 0.5) is 30.9 Å². The summed E-state index contributed by atoms with van der Waals surface area (Å²) in [5, 5.41) is 14.8. The summed E-state index contributed by atoms with van der Waals surface area (Å²) >= 11 is 0. The Balaban J connectivity index is 1.33. The van der Waals surface area contributed by atoms with Crippen molar-refractivity contribution in [1.82, 2.24) is 15.0 Å². The molecule has 3 aromatic rings. The maximum absolute atomic E-state index is 14.4. The van der Waals surface area contributed by atoms with E-state index in [2.05, 4.69) is 15.3 Å². The lowest BCUT2D eigenvalue weighted by Gasteiger charge is -2.24. The summed E-state index contributed by atoms with van der Waals surface area (Å²) < 4.78 is 28.1. The fourth-order valence-corrected chi connectivity index (χ4v) is 4.19. The lowest BCUT2D eigenvalue weighted by molar-refractivity contribution is -0.104. The van der Waals surface area contributed by atoms with E-state index in [1.165, 1.54) is 23.5 Å². The third-order valence-electron chi connectivity index (χ3n) is 5.78. The first-order valence-electron chi connectivity index (χ1n) is 10.7. The molecule has 0 spiro atoms. The normalized spacial score (nSPS) is 20.1. The van der Waals surface area contributed by atoms with Gasteiger partial charge in [-0.05, 0) is 23.8 Å². The van der Waals surface area contributed by atoms with Gasteiger partial charge < -0.3 is 10.4 Å². The molecule has 0 bridgehead atoms. The molecule has 2 N–H and O–H groups in total. The quantitative estimate of drug-likeness (QED) is 0.553. The number of aromatic nitrogens is 2. The van der Waals surface area contributed by atoms with Crippen molar-refractivity contribution in [2.45, 2.75) is 24.9 Å². The molecule has 11 heteroatoms. The van der Waals surface area contributed by atoms with E-state index >= 15 is 0 Å². The lowest BCUT2D eigenvalue weighted by Crippen LogP contribution is -2.27. The topological polar surface area (TPSA) is 100 Å². The smallest absolute Gasteiger partial charge is 0.432 e. The van der Waals surface area contributed by atoms with Gasteiger partial charge in [-0.15, -0.1) is 0 Å². The highest BCUT2D eigenvalue weighted by Gasteiger charge is 2.33. The summed E-state index contributed by atoms with van der Waals surface area (Å²) in [4.78, 5) is 30.6. The molecular formula is C23H21F2N5O4. The molecule has 5 rings (SSSR count). The average molecular weight is 469 g/mol. The first kappa shape index (κ1) is 22.0. The van der Waals surface area contributed by atoms with Crippen LogP contribution in [0.15, 0.2) is 54.9 Å².